The molecule has 1 aromatic heterocycles. The van der Waals surface area contributed by atoms with E-state index in [-0.39, 0.29) is 17.3 Å². The summed E-state index contributed by atoms with van der Waals surface area (Å²) in [5.41, 5.74) is 7.20. The molecule has 0 saturated carbocycles. The topological polar surface area (TPSA) is 78.1 Å². The standard InChI is InChI=1S/C15H14ClN3O2/c1-4-10-13(8(2)20)18-15(19-14(10)17)9-5-6-11(16)12(7-9)21-3/h4-7H,1H2,2-3H3,(H2,17,18,19). The van der Waals surface area contributed by atoms with Gasteiger partial charge in [-0.15, -0.1) is 0 Å². The fourth-order valence-electron chi connectivity index (χ4n) is 1.88. The number of anilines is 1. The number of nitrogen functional groups attached to an aromatic ring is 1. The van der Waals surface area contributed by atoms with E-state index in [1.165, 1.54) is 20.1 Å². The minimum absolute atomic E-state index is 0.203. The molecule has 0 saturated heterocycles. The van der Waals surface area contributed by atoms with Crippen LogP contribution in [0, 0.1) is 0 Å². The van der Waals surface area contributed by atoms with Gasteiger partial charge in [0, 0.05) is 18.1 Å². The lowest BCUT2D eigenvalue weighted by Crippen LogP contribution is -2.08. The fraction of sp³-hybridized carbons (Fsp3) is 0.133. The van der Waals surface area contributed by atoms with Crippen LogP contribution in [0.4, 0.5) is 5.82 Å². The average molecular weight is 304 g/mol. The van der Waals surface area contributed by atoms with Crippen LogP contribution >= 0.6 is 11.6 Å². The molecule has 0 amide bonds. The van der Waals surface area contributed by atoms with Gasteiger partial charge >= 0.3 is 0 Å². The SMILES string of the molecule is C=Cc1c(N)nc(-c2ccc(Cl)c(OC)c2)nc1C(C)=O. The Morgan fingerprint density at radius 1 is 1.43 bits per heavy atom. The maximum absolute atomic E-state index is 11.7. The second kappa shape index (κ2) is 5.93. The molecule has 5 nitrogen and oxygen atoms in total. The first-order valence-electron chi connectivity index (χ1n) is 6.12. The number of methoxy groups -OCH3 is 1. The zero-order chi connectivity index (χ0) is 15.6. The van der Waals surface area contributed by atoms with E-state index in [2.05, 4.69) is 16.5 Å². The monoisotopic (exact) mass is 303 g/mol. The van der Waals surface area contributed by atoms with Crippen molar-refractivity contribution >= 4 is 29.3 Å². The Kier molecular flexibility index (Phi) is 4.23. The maximum Gasteiger partial charge on any atom is 0.178 e. The summed E-state index contributed by atoms with van der Waals surface area (Å²) in [5, 5.41) is 0.476. The average Bonchev–Trinajstić information content (AvgIpc) is 2.46. The molecule has 0 bridgehead atoms. The molecule has 0 radical (unpaired) electrons. The summed E-state index contributed by atoms with van der Waals surface area (Å²) in [6, 6.07) is 5.09. The number of hydrogen-bond donors (Lipinski definition) is 1. The van der Waals surface area contributed by atoms with Crippen molar-refractivity contribution < 1.29 is 9.53 Å². The van der Waals surface area contributed by atoms with E-state index in [1.807, 2.05) is 0 Å². The molecular formula is C15H14ClN3O2. The zero-order valence-corrected chi connectivity index (χ0v) is 12.4. The summed E-state index contributed by atoms with van der Waals surface area (Å²) >= 11 is 5.99. The first kappa shape index (κ1) is 15.0. The molecule has 0 aliphatic heterocycles. The highest BCUT2D eigenvalue weighted by molar-refractivity contribution is 6.32. The Balaban J connectivity index is 2.65. The smallest absolute Gasteiger partial charge is 0.178 e. The number of halogens is 1. The Hall–Kier alpha value is -2.40. The van der Waals surface area contributed by atoms with Crippen LogP contribution in [0.25, 0.3) is 17.5 Å². The largest absolute Gasteiger partial charge is 0.495 e. The van der Waals surface area contributed by atoms with Gasteiger partial charge in [0.2, 0.25) is 0 Å². The highest BCUT2D eigenvalue weighted by Gasteiger charge is 2.15. The summed E-state index contributed by atoms with van der Waals surface area (Å²) in [6.07, 6.45) is 1.47. The van der Waals surface area contributed by atoms with Gasteiger partial charge in [-0.05, 0) is 18.2 Å². The van der Waals surface area contributed by atoms with E-state index in [9.17, 15) is 4.79 Å². The molecule has 2 N–H and O–H groups in total. The van der Waals surface area contributed by atoms with Crippen LogP contribution in [0.2, 0.25) is 5.02 Å². The highest BCUT2D eigenvalue weighted by atomic mass is 35.5. The number of nitrogens with two attached hydrogens (primary N) is 1. The molecule has 0 fully saturated rings. The van der Waals surface area contributed by atoms with Crippen molar-refractivity contribution in [1.82, 2.24) is 9.97 Å². The van der Waals surface area contributed by atoms with Crippen LogP contribution in [-0.2, 0) is 0 Å². The van der Waals surface area contributed by atoms with Crippen LogP contribution < -0.4 is 10.5 Å². The molecule has 2 rings (SSSR count). The molecule has 21 heavy (non-hydrogen) atoms. The molecule has 1 aromatic carbocycles. The Bertz CT molecular complexity index is 729. The van der Waals surface area contributed by atoms with Crippen LogP contribution in [-0.4, -0.2) is 22.9 Å². The number of aromatic nitrogens is 2. The van der Waals surface area contributed by atoms with Gasteiger partial charge in [-0.25, -0.2) is 9.97 Å². The van der Waals surface area contributed by atoms with Crippen LogP contribution in [0.5, 0.6) is 5.75 Å². The highest BCUT2D eigenvalue weighted by Crippen LogP contribution is 2.30. The number of carbonyl (C=O) groups is 1. The summed E-state index contributed by atoms with van der Waals surface area (Å²) in [6.45, 7) is 5.04. The zero-order valence-electron chi connectivity index (χ0n) is 11.7. The Morgan fingerprint density at radius 3 is 2.71 bits per heavy atom. The third-order valence-corrected chi connectivity index (χ3v) is 3.23. The molecule has 2 aromatic rings. The van der Waals surface area contributed by atoms with E-state index in [0.717, 1.165) is 0 Å². The van der Waals surface area contributed by atoms with E-state index in [1.54, 1.807) is 18.2 Å². The van der Waals surface area contributed by atoms with Crippen molar-refractivity contribution in [2.45, 2.75) is 6.92 Å². The molecule has 0 aliphatic carbocycles. The number of nitrogens with zero attached hydrogens (tertiary/aromatic N) is 2. The van der Waals surface area contributed by atoms with Crippen LogP contribution in [0.15, 0.2) is 24.8 Å². The number of Topliss-reactive ketones (excluding diaryl/α,β-unsaturated/α-hetero) is 1. The first-order valence-corrected chi connectivity index (χ1v) is 6.50. The molecule has 1 heterocycles. The summed E-state index contributed by atoms with van der Waals surface area (Å²) in [4.78, 5) is 20.2. The van der Waals surface area contributed by atoms with Gasteiger partial charge in [0.25, 0.3) is 0 Å². The van der Waals surface area contributed by atoms with Gasteiger partial charge in [-0.1, -0.05) is 24.3 Å². The van der Waals surface area contributed by atoms with Gasteiger partial charge in [-0.2, -0.15) is 0 Å². The molecule has 0 atom stereocenters. The number of hydrogen-bond acceptors (Lipinski definition) is 5. The van der Waals surface area contributed by atoms with Crippen molar-refractivity contribution in [3.63, 3.8) is 0 Å². The summed E-state index contributed by atoms with van der Waals surface area (Å²) in [7, 11) is 1.52. The molecule has 0 spiro atoms. The Labute approximate surface area is 127 Å². The third-order valence-electron chi connectivity index (χ3n) is 2.92. The lowest BCUT2D eigenvalue weighted by molar-refractivity contribution is 0.101. The molecule has 6 heteroatoms. The number of carbonyl (C=O) groups excluding carboxylic acids is 1. The first-order chi connectivity index (χ1) is 9.97. The van der Waals surface area contributed by atoms with E-state index in [4.69, 9.17) is 22.1 Å². The third kappa shape index (κ3) is 2.87. The van der Waals surface area contributed by atoms with Gasteiger partial charge in [0.05, 0.1) is 12.1 Å². The van der Waals surface area contributed by atoms with E-state index in [0.29, 0.717) is 27.7 Å². The van der Waals surface area contributed by atoms with Crippen molar-refractivity contribution in [2.75, 3.05) is 12.8 Å². The summed E-state index contributed by atoms with van der Waals surface area (Å²) in [5.74, 6) is 0.821. The fourth-order valence-corrected chi connectivity index (χ4v) is 2.08. The van der Waals surface area contributed by atoms with Gasteiger partial charge in [0.15, 0.2) is 11.6 Å². The predicted molar refractivity (Wildman–Crippen MR) is 83.5 cm³/mol. The molecular weight excluding hydrogens is 290 g/mol. The molecule has 108 valence electrons. The van der Waals surface area contributed by atoms with E-state index < -0.39 is 0 Å². The lowest BCUT2D eigenvalue weighted by atomic mass is 10.1. The molecule has 0 aliphatic rings. The number of ketones is 1. The van der Waals surface area contributed by atoms with Gasteiger partial charge in [0.1, 0.15) is 17.3 Å². The second-order valence-electron chi connectivity index (χ2n) is 4.30. The van der Waals surface area contributed by atoms with Crippen LogP contribution in [0.1, 0.15) is 23.0 Å². The number of benzene rings is 1. The van der Waals surface area contributed by atoms with Gasteiger partial charge < -0.3 is 10.5 Å². The predicted octanol–water partition coefficient (Wildman–Crippen LogP) is 3.23. The normalized spacial score (nSPS) is 10.2. The van der Waals surface area contributed by atoms with E-state index >= 15 is 0 Å². The minimum Gasteiger partial charge on any atom is -0.495 e. The van der Waals surface area contributed by atoms with Crippen molar-refractivity contribution in [3.05, 3.63) is 41.1 Å². The van der Waals surface area contributed by atoms with Crippen molar-refractivity contribution in [3.8, 4) is 17.1 Å². The van der Waals surface area contributed by atoms with Crippen LogP contribution in [0.3, 0.4) is 0 Å². The summed E-state index contributed by atoms with van der Waals surface area (Å²) < 4.78 is 5.16. The second-order valence-corrected chi connectivity index (χ2v) is 4.71. The quantitative estimate of drug-likeness (QED) is 0.877. The number of rotatable bonds is 4. The van der Waals surface area contributed by atoms with Gasteiger partial charge in [-0.3, -0.25) is 4.79 Å². The number of ether oxygens (including phenoxy) is 1. The molecule has 0 unspecified atom stereocenters. The van der Waals surface area contributed by atoms with Crippen molar-refractivity contribution in [2.24, 2.45) is 0 Å². The minimum atomic E-state index is -0.207. The van der Waals surface area contributed by atoms with Crippen molar-refractivity contribution in [1.29, 1.82) is 0 Å². The Morgan fingerprint density at radius 2 is 2.14 bits per heavy atom. The lowest BCUT2D eigenvalue weighted by Gasteiger charge is -2.10. The maximum atomic E-state index is 11.7.